The molecule has 2 bridgehead atoms. The number of hydrogen-bond acceptors (Lipinski definition) is 5. The Kier molecular flexibility index (Phi) is 3.30. The van der Waals surface area contributed by atoms with Gasteiger partial charge in [-0.25, -0.2) is 23.7 Å². The average Bonchev–Trinajstić information content (AvgIpc) is 2.96. The number of ether oxygens (including phenoxy) is 1. The van der Waals surface area contributed by atoms with E-state index in [-0.39, 0.29) is 24.5 Å². The molecule has 1 aromatic carbocycles. The number of pyridine rings is 1. The molecule has 24 heavy (non-hydrogen) atoms. The molecule has 122 valence electrons. The minimum Gasteiger partial charge on any atom is -0.489 e. The lowest BCUT2D eigenvalue weighted by Crippen LogP contribution is -2.39. The topological polar surface area (TPSA) is 81.1 Å². The van der Waals surface area contributed by atoms with Crippen molar-refractivity contribution in [3.63, 3.8) is 0 Å². The van der Waals surface area contributed by atoms with E-state index < -0.39 is 0 Å². The Morgan fingerprint density at radius 1 is 1.33 bits per heavy atom. The predicted octanol–water partition coefficient (Wildman–Crippen LogP) is 2.65. The van der Waals surface area contributed by atoms with Crippen LogP contribution < -0.4 is 15.4 Å². The molecule has 3 aromatic rings. The molecule has 1 atom stereocenters. The largest absolute Gasteiger partial charge is 0.489 e. The number of nitrogens with zero attached hydrogens (tertiary/aromatic N) is 3. The first-order chi connectivity index (χ1) is 11.6. The van der Waals surface area contributed by atoms with Crippen LogP contribution in [0.1, 0.15) is 6.92 Å². The van der Waals surface area contributed by atoms with E-state index >= 15 is 0 Å². The fourth-order valence-corrected chi connectivity index (χ4v) is 2.51. The Morgan fingerprint density at radius 2 is 2.21 bits per heavy atom. The molecule has 0 fully saturated rings. The van der Waals surface area contributed by atoms with Crippen LogP contribution in [0.2, 0.25) is 0 Å². The molecule has 3 heterocycles. The Labute approximate surface area is 136 Å². The monoisotopic (exact) mass is 327 g/mol. The SMILES string of the molecule is CC1COc2ccc(F)cc2Nc2ccc3ncn(c3n2)C(=O)N1. The first-order valence-electron chi connectivity index (χ1n) is 7.44. The van der Waals surface area contributed by atoms with Gasteiger partial charge in [-0.2, -0.15) is 0 Å². The number of nitrogens with one attached hydrogen (secondary N) is 2. The summed E-state index contributed by atoms with van der Waals surface area (Å²) >= 11 is 0. The van der Waals surface area contributed by atoms with Gasteiger partial charge in [0.1, 0.15) is 35.8 Å². The molecule has 2 aromatic heterocycles. The summed E-state index contributed by atoms with van der Waals surface area (Å²) in [5, 5.41) is 5.86. The van der Waals surface area contributed by atoms with Gasteiger partial charge < -0.3 is 15.4 Å². The van der Waals surface area contributed by atoms with E-state index in [0.29, 0.717) is 28.4 Å². The number of carbonyl (C=O) groups is 1. The fourth-order valence-electron chi connectivity index (χ4n) is 2.51. The van der Waals surface area contributed by atoms with Crippen molar-refractivity contribution in [2.24, 2.45) is 0 Å². The van der Waals surface area contributed by atoms with E-state index in [1.807, 2.05) is 6.92 Å². The molecule has 1 aliphatic heterocycles. The standard InChI is InChI=1S/C16H14FN5O2/c1-9-7-24-13-4-2-10(17)6-12(13)20-14-5-3-11-15(21-14)22(8-18-11)16(23)19-9/h2-6,8-9H,7H2,1H3,(H,19,23)(H,20,21). The second-order valence-electron chi connectivity index (χ2n) is 5.58. The third-order valence-electron chi connectivity index (χ3n) is 3.68. The molecule has 1 aliphatic rings. The van der Waals surface area contributed by atoms with Crippen LogP contribution in [-0.4, -0.2) is 33.2 Å². The summed E-state index contributed by atoms with van der Waals surface area (Å²) in [6, 6.07) is 7.06. The second kappa shape index (κ2) is 5.48. The van der Waals surface area contributed by atoms with E-state index in [9.17, 15) is 9.18 Å². The van der Waals surface area contributed by atoms with Crippen LogP contribution >= 0.6 is 0 Å². The number of rotatable bonds is 0. The molecule has 1 unspecified atom stereocenters. The highest BCUT2D eigenvalue weighted by molar-refractivity contribution is 5.88. The van der Waals surface area contributed by atoms with Crippen molar-refractivity contribution in [3.05, 3.63) is 42.5 Å². The molecule has 0 saturated carbocycles. The summed E-state index contributed by atoms with van der Waals surface area (Å²) < 4.78 is 20.6. The molecular formula is C16H14FN5O2. The summed E-state index contributed by atoms with van der Waals surface area (Å²) in [5.41, 5.74) is 1.48. The summed E-state index contributed by atoms with van der Waals surface area (Å²) in [5.74, 6) is 0.555. The van der Waals surface area contributed by atoms with Crippen LogP contribution in [-0.2, 0) is 0 Å². The molecule has 2 N–H and O–H groups in total. The Bertz CT molecular complexity index is 939. The highest BCUT2D eigenvalue weighted by Gasteiger charge is 2.17. The second-order valence-corrected chi connectivity index (χ2v) is 5.58. The number of fused-ring (bicyclic) bond motifs is 2. The van der Waals surface area contributed by atoms with Crippen LogP contribution in [0.5, 0.6) is 5.75 Å². The average molecular weight is 327 g/mol. The van der Waals surface area contributed by atoms with Gasteiger partial charge in [0.25, 0.3) is 0 Å². The number of amides is 1. The van der Waals surface area contributed by atoms with Gasteiger partial charge in [-0.15, -0.1) is 0 Å². The highest BCUT2D eigenvalue weighted by atomic mass is 19.1. The van der Waals surface area contributed by atoms with E-state index in [0.717, 1.165) is 0 Å². The van der Waals surface area contributed by atoms with E-state index in [1.165, 1.54) is 23.0 Å². The van der Waals surface area contributed by atoms with Crippen LogP contribution in [0.25, 0.3) is 11.2 Å². The molecule has 7 nitrogen and oxygen atoms in total. The maximum absolute atomic E-state index is 13.6. The first-order valence-corrected chi connectivity index (χ1v) is 7.44. The van der Waals surface area contributed by atoms with Gasteiger partial charge >= 0.3 is 6.03 Å². The predicted molar refractivity (Wildman–Crippen MR) is 86.1 cm³/mol. The number of carbonyl (C=O) groups excluding carboxylic acids is 1. The maximum atomic E-state index is 13.6. The lowest BCUT2D eigenvalue weighted by atomic mass is 10.2. The van der Waals surface area contributed by atoms with Crippen molar-refractivity contribution in [2.75, 3.05) is 11.9 Å². The Morgan fingerprint density at radius 3 is 3.08 bits per heavy atom. The van der Waals surface area contributed by atoms with Gasteiger partial charge in [0, 0.05) is 6.07 Å². The quantitative estimate of drug-likeness (QED) is 0.663. The number of hydrogen-bond donors (Lipinski definition) is 2. The number of aromatic nitrogens is 3. The van der Waals surface area contributed by atoms with Crippen molar-refractivity contribution in [2.45, 2.75) is 13.0 Å². The molecule has 1 amide bonds. The normalized spacial score (nSPS) is 17.2. The molecule has 0 aliphatic carbocycles. The number of anilines is 2. The van der Waals surface area contributed by atoms with Gasteiger partial charge in [-0.3, -0.25) is 0 Å². The van der Waals surface area contributed by atoms with E-state index in [4.69, 9.17) is 4.74 Å². The van der Waals surface area contributed by atoms with Gasteiger partial charge in [-0.05, 0) is 31.2 Å². The van der Waals surface area contributed by atoms with Crippen LogP contribution in [0.15, 0.2) is 36.7 Å². The lowest BCUT2D eigenvalue weighted by Gasteiger charge is -2.18. The van der Waals surface area contributed by atoms with Crippen molar-refractivity contribution >= 4 is 28.7 Å². The Balaban J connectivity index is 1.87. The molecule has 0 spiro atoms. The molecular weight excluding hydrogens is 313 g/mol. The Hall–Kier alpha value is -3.16. The summed E-state index contributed by atoms with van der Waals surface area (Å²) in [6.45, 7) is 2.06. The van der Waals surface area contributed by atoms with Crippen LogP contribution in [0.4, 0.5) is 20.7 Å². The van der Waals surface area contributed by atoms with Crippen molar-refractivity contribution in [1.82, 2.24) is 19.9 Å². The zero-order chi connectivity index (χ0) is 16.7. The number of imidazole rings is 1. The minimum absolute atomic E-state index is 0.241. The molecule has 8 heteroatoms. The lowest BCUT2D eigenvalue weighted by molar-refractivity contribution is 0.228. The summed E-state index contributed by atoms with van der Waals surface area (Å²) in [7, 11) is 0. The first kappa shape index (κ1) is 14.4. The fraction of sp³-hybridized carbons (Fsp3) is 0.188. The highest BCUT2D eigenvalue weighted by Crippen LogP contribution is 2.29. The van der Waals surface area contributed by atoms with Crippen molar-refractivity contribution < 1.29 is 13.9 Å². The maximum Gasteiger partial charge on any atom is 0.328 e. The van der Waals surface area contributed by atoms with Gasteiger partial charge in [-0.1, -0.05) is 0 Å². The number of halogens is 1. The van der Waals surface area contributed by atoms with E-state index in [1.54, 1.807) is 18.2 Å². The summed E-state index contributed by atoms with van der Waals surface area (Å²) in [4.78, 5) is 20.9. The minimum atomic E-state index is -0.385. The third-order valence-corrected chi connectivity index (χ3v) is 3.68. The molecule has 4 rings (SSSR count). The van der Waals surface area contributed by atoms with Crippen LogP contribution in [0.3, 0.4) is 0 Å². The molecule has 0 radical (unpaired) electrons. The van der Waals surface area contributed by atoms with Crippen LogP contribution in [0, 0.1) is 5.82 Å². The molecule has 0 saturated heterocycles. The van der Waals surface area contributed by atoms with Gasteiger partial charge in [0.05, 0.1) is 11.7 Å². The number of benzene rings is 1. The van der Waals surface area contributed by atoms with Crippen molar-refractivity contribution in [3.8, 4) is 5.75 Å². The summed E-state index contributed by atoms with van der Waals surface area (Å²) in [6.07, 6.45) is 1.42. The van der Waals surface area contributed by atoms with E-state index in [2.05, 4.69) is 20.6 Å². The van der Waals surface area contributed by atoms with Crippen molar-refractivity contribution in [1.29, 1.82) is 0 Å². The van der Waals surface area contributed by atoms with Gasteiger partial charge in [0.15, 0.2) is 5.65 Å². The zero-order valence-corrected chi connectivity index (χ0v) is 12.8. The third kappa shape index (κ3) is 2.51. The smallest absolute Gasteiger partial charge is 0.328 e. The zero-order valence-electron chi connectivity index (χ0n) is 12.8. The van der Waals surface area contributed by atoms with Gasteiger partial charge in [0.2, 0.25) is 0 Å².